The van der Waals surface area contributed by atoms with Gasteiger partial charge in [0, 0.05) is 62.6 Å². The van der Waals surface area contributed by atoms with Crippen LogP contribution in [-0.4, -0.2) is 63.0 Å². The van der Waals surface area contributed by atoms with Crippen LogP contribution in [0.25, 0.3) is 0 Å². The molecule has 1 aromatic rings. The van der Waals surface area contributed by atoms with Crippen molar-refractivity contribution in [2.75, 3.05) is 62.6 Å². The van der Waals surface area contributed by atoms with E-state index in [1.807, 2.05) is 0 Å². The van der Waals surface area contributed by atoms with E-state index < -0.39 is 0 Å². The van der Waals surface area contributed by atoms with Gasteiger partial charge in [0.25, 0.3) is 0 Å². The number of hydrogen-bond acceptors (Lipinski definition) is 5. The Morgan fingerprint density at radius 1 is 1.15 bits per heavy atom. The van der Waals surface area contributed by atoms with Gasteiger partial charge in [-0.15, -0.1) is 0 Å². The first-order chi connectivity index (χ1) is 13.2. The summed E-state index contributed by atoms with van der Waals surface area (Å²) < 4.78 is 0. The Morgan fingerprint density at radius 2 is 1.89 bits per heavy atom. The van der Waals surface area contributed by atoms with Crippen LogP contribution in [0, 0.1) is 6.92 Å². The smallest absolute Gasteiger partial charge is 0.163 e. The fourth-order valence-corrected chi connectivity index (χ4v) is 4.11. The number of rotatable bonds is 9. The van der Waals surface area contributed by atoms with Gasteiger partial charge in [-0.3, -0.25) is 4.79 Å². The molecule has 0 saturated carbocycles. The van der Waals surface area contributed by atoms with Crippen molar-refractivity contribution in [2.24, 2.45) is 0 Å². The first-order valence-electron chi connectivity index (χ1n) is 10.8. The fraction of sp³-hybridized carbons (Fsp3) is 0.682. The van der Waals surface area contributed by atoms with Crippen LogP contribution >= 0.6 is 0 Å². The largest absolute Gasteiger partial charge is 0.383 e. The molecule has 27 heavy (non-hydrogen) atoms. The molecular weight excluding hydrogens is 336 g/mol. The third-order valence-corrected chi connectivity index (χ3v) is 5.86. The van der Waals surface area contributed by atoms with Gasteiger partial charge in [0.15, 0.2) is 5.78 Å². The van der Waals surface area contributed by atoms with Crippen molar-refractivity contribution in [3.05, 3.63) is 23.3 Å². The topological polar surface area (TPSA) is 47.6 Å². The van der Waals surface area contributed by atoms with Crippen molar-refractivity contribution < 1.29 is 4.79 Å². The standard InChI is InChI=1S/C22H36N4O/c1-3-4-7-22(27)19-16-20(24-10-13-25-11-5-6-12-25)18(2)21(17-19)26-14-8-23-9-15-26/h16-17,23-24H,3-15H2,1-2H3. The van der Waals surface area contributed by atoms with Crippen LogP contribution in [-0.2, 0) is 0 Å². The lowest BCUT2D eigenvalue weighted by Crippen LogP contribution is -2.44. The van der Waals surface area contributed by atoms with Gasteiger partial charge in [-0.2, -0.15) is 0 Å². The normalized spacial score (nSPS) is 18.1. The maximum atomic E-state index is 12.7. The monoisotopic (exact) mass is 372 g/mol. The van der Waals surface area contributed by atoms with Crippen LogP contribution < -0.4 is 15.5 Å². The highest BCUT2D eigenvalue weighted by Gasteiger charge is 2.18. The zero-order valence-electron chi connectivity index (χ0n) is 17.1. The molecule has 2 aliphatic rings. The molecule has 2 aliphatic heterocycles. The van der Waals surface area contributed by atoms with Crippen LogP contribution in [0.15, 0.2) is 12.1 Å². The molecule has 0 radical (unpaired) electrons. The van der Waals surface area contributed by atoms with E-state index in [4.69, 9.17) is 0 Å². The Morgan fingerprint density at radius 3 is 2.59 bits per heavy atom. The van der Waals surface area contributed by atoms with Crippen molar-refractivity contribution in [2.45, 2.75) is 46.0 Å². The number of nitrogens with zero attached hydrogens (tertiary/aromatic N) is 2. The summed E-state index contributed by atoms with van der Waals surface area (Å²) in [6.07, 6.45) is 5.32. The molecule has 0 aliphatic carbocycles. The number of hydrogen-bond donors (Lipinski definition) is 2. The lowest BCUT2D eigenvalue weighted by molar-refractivity contribution is 0.0980. The van der Waals surface area contributed by atoms with E-state index in [1.54, 1.807) is 0 Å². The number of nitrogens with one attached hydrogen (secondary N) is 2. The van der Waals surface area contributed by atoms with Gasteiger partial charge in [0.2, 0.25) is 0 Å². The zero-order chi connectivity index (χ0) is 19.1. The summed E-state index contributed by atoms with van der Waals surface area (Å²) in [7, 11) is 0. The molecule has 3 rings (SSSR count). The molecule has 0 unspecified atom stereocenters. The predicted molar refractivity (Wildman–Crippen MR) is 114 cm³/mol. The molecule has 2 fully saturated rings. The van der Waals surface area contributed by atoms with Crippen molar-refractivity contribution in [1.29, 1.82) is 0 Å². The summed E-state index contributed by atoms with van der Waals surface area (Å²) in [5.41, 5.74) is 4.49. The summed E-state index contributed by atoms with van der Waals surface area (Å²) in [4.78, 5) is 17.7. The molecule has 2 saturated heterocycles. The molecular formula is C22H36N4O. The SMILES string of the molecule is CCCCC(=O)c1cc(NCCN2CCCC2)c(C)c(N2CCNCC2)c1. The second kappa shape index (κ2) is 10.1. The van der Waals surface area contributed by atoms with E-state index >= 15 is 0 Å². The minimum Gasteiger partial charge on any atom is -0.383 e. The number of anilines is 2. The first-order valence-corrected chi connectivity index (χ1v) is 10.8. The highest BCUT2D eigenvalue weighted by Crippen LogP contribution is 2.30. The van der Waals surface area contributed by atoms with Gasteiger partial charge in [0.1, 0.15) is 0 Å². The summed E-state index contributed by atoms with van der Waals surface area (Å²) in [5, 5.41) is 7.05. The maximum absolute atomic E-state index is 12.7. The minimum atomic E-state index is 0.274. The summed E-state index contributed by atoms with van der Waals surface area (Å²) >= 11 is 0. The summed E-state index contributed by atoms with van der Waals surface area (Å²) in [5.74, 6) is 0.274. The lowest BCUT2D eigenvalue weighted by atomic mass is 10.00. The average molecular weight is 373 g/mol. The number of likely N-dealkylation sites (tertiary alicyclic amines) is 1. The van der Waals surface area contributed by atoms with E-state index in [0.717, 1.165) is 63.4 Å². The Balaban J connectivity index is 1.76. The highest BCUT2D eigenvalue weighted by atomic mass is 16.1. The van der Waals surface area contributed by atoms with Crippen molar-refractivity contribution in [3.8, 4) is 0 Å². The number of carbonyl (C=O) groups is 1. The van der Waals surface area contributed by atoms with Gasteiger partial charge >= 0.3 is 0 Å². The van der Waals surface area contributed by atoms with E-state index in [2.05, 4.69) is 46.4 Å². The Bertz CT molecular complexity index is 619. The highest BCUT2D eigenvalue weighted by molar-refractivity contribution is 5.98. The third-order valence-electron chi connectivity index (χ3n) is 5.86. The van der Waals surface area contributed by atoms with Gasteiger partial charge < -0.3 is 20.4 Å². The molecule has 0 spiro atoms. The molecule has 0 bridgehead atoms. The van der Waals surface area contributed by atoms with Crippen molar-refractivity contribution in [1.82, 2.24) is 10.2 Å². The maximum Gasteiger partial charge on any atom is 0.163 e. The number of piperazine rings is 1. The number of Topliss-reactive ketones (excluding diaryl/α,β-unsaturated/α-hetero) is 1. The third kappa shape index (κ3) is 5.45. The van der Waals surface area contributed by atoms with Gasteiger partial charge in [0.05, 0.1) is 0 Å². The average Bonchev–Trinajstić information content (AvgIpc) is 3.21. The molecule has 5 heteroatoms. The second-order valence-corrected chi connectivity index (χ2v) is 7.91. The van der Waals surface area contributed by atoms with Crippen LogP contribution in [0.5, 0.6) is 0 Å². The van der Waals surface area contributed by atoms with Crippen molar-refractivity contribution >= 4 is 17.2 Å². The second-order valence-electron chi connectivity index (χ2n) is 7.91. The molecule has 1 aromatic carbocycles. The molecule has 2 N–H and O–H groups in total. The molecule has 0 atom stereocenters. The Hall–Kier alpha value is -1.59. The quantitative estimate of drug-likeness (QED) is 0.652. The van der Waals surface area contributed by atoms with E-state index in [1.165, 1.54) is 37.2 Å². The van der Waals surface area contributed by atoms with Gasteiger partial charge in [-0.25, -0.2) is 0 Å². The Labute approximate surface area is 164 Å². The molecule has 150 valence electrons. The van der Waals surface area contributed by atoms with E-state index in [9.17, 15) is 4.79 Å². The minimum absolute atomic E-state index is 0.274. The van der Waals surface area contributed by atoms with Crippen molar-refractivity contribution in [3.63, 3.8) is 0 Å². The van der Waals surface area contributed by atoms with Crippen LogP contribution in [0.2, 0.25) is 0 Å². The number of benzene rings is 1. The van der Waals surface area contributed by atoms with Gasteiger partial charge in [-0.05, 0) is 57.0 Å². The molecule has 0 amide bonds. The lowest BCUT2D eigenvalue weighted by Gasteiger charge is -2.32. The molecule has 2 heterocycles. The number of unbranched alkanes of at least 4 members (excludes halogenated alkanes) is 1. The van der Waals surface area contributed by atoms with Crippen LogP contribution in [0.1, 0.15) is 54.9 Å². The first kappa shape index (κ1) is 20.2. The predicted octanol–water partition coefficient (Wildman–Crippen LogP) is 3.29. The summed E-state index contributed by atoms with van der Waals surface area (Å²) in [6, 6.07) is 4.22. The fourth-order valence-electron chi connectivity index (χ4n) is 4.11. The van der Waals surface area contributed by atoms with E-state index in [0.29, 0.717) is 6.42 Å². The summed E-state index contributed by atoms with van der Waals surface area (Å²) in [6.45, 7) is 12.8. The Kier molecular flexibility index (Phi) is 7.53. The molecule has 5 nitrogen and oxygen atoms in total. The number of ketones is 1. The zero-order valence-corrected chi connectivity index (χ0v) is 17.1. The van der Waals surface area contributed by atoms with Crippen LogP contribution in [0.3, 0.4) is 0 Å². The van der Waals surface area contributed by atoms with E-state index in [-0.39, 0.29) is 5.78 Å². The van der Waals surface area contributed by atoms with Crippen LogP contribution in [0.4, 0.5) is 11.4 Å². The number of carbonyl (C=O) groups excluding carboxylic acids is 1. The molecule has 0 aromatic heterocycles. The van der Waals surface area contributed by atoms with Gasteiger partial charge in [-0.1, -0.05) is 13.3 Å².